The second-order valence-electron chi connectivity index (χ2n) is 4.78. The summed E-state index contributed by atoms with van der Waals surface area (Å²) in [7, 11) is 0. The van der Waals surface area contributed by atoms with E-state index in [0.717, 1.165) is 36.7 Å². The van der Waals surface area contributed by atoms with Crippen LogP contribution in [0.15, 0.2) is 10.6 Å². The van der Waals surface area contributed by atoms with E-state index in [1.54, 1.807) is 0 Å². The van der Waals surface area contributed by atoms with Crippen LogP contribution in [0, 0.1) is 13.8 Å². The van der Waals surface area contributed by atoms with Gasteiger partial charge in [-0.15, -0.1) is 0 Å². The Morgan fingerprint density at radius 1 is 1.29 bits per heavy atom. The molecule has 2 aromatic rings. The highest BCUT2D eigenvalue weighted by molar-refractivity contribution is 5.21. The predicted octanol–water partition coefficient (Wildman–Crippen LogP) is 2.42. The van der Waals surface area contributed by atoms with Crippen molar-refractivity contribution in [3.8, 4) is 0 Å². The van der Waals surface area contributed by atoms with Crippen LogP contribution in [0.5, 0.6) is 0 Å². The average molecular weight is 231 g/mol. The Morgan fingerprint density at radius 2 is 2.12 bits per heavy atom. The maximum absolute atomic E-state index is 5.29. The molecular weight excluding hydrogens is 214 g/mol. The average Bonchev–Trinajstić information content (AvgIpc) is 2.85. The molecule has 4 heteroatoms. The molecule has 1 aliphatic rings. The molecule has 0 fully saturated rings. The molecule has 2 aromatic heterocycles. The summed E-state index contributed by atoms with van der Waals surface area (Å²) in [5.41, 5.74) is 3.61. The summed E-state index contributed by atoms with van der Waals surface area (Å²) in [6.45, 7) is 4.78. The summed E-state index contributed by atoms with van der Waals surface area (Å²) in [4.78, 5) is 4.66. The quantitative estimate of drug-likeness (QED) is 0.797. The highest BCUT2D eigenvalue weighted by Gasteiger charge is 2.18. The summed E-state index contributed by atoms with van der Waals surface area (Å²) in [6, 6.07) is 1.99. The zero-order chi connectivity index (χ0) is 11.8. The second kappa shape index (κ2) is 4.02. The number of fused-ring (bicyclic) bond motifs is 1. The van der Waals surface area contributed by atoms with E-state index in [9.17, 15) is 0 Å². The van der Waals surface area contributed by atoms with Gasteiger partial charge in [0.15, 0.2) is 5.76 Å². The van der Waals surface area contributed by atoms with Crippen molar-refractivity contribution in [1.82, 2.24) is 14.7 Å². The number of nitrogens with zero attached hydrogens (tertiary/aromatic N) is 3. The van der Waals surface area contributed by atoms with Gasteiger partial charge in [0.25, 0.3) is 0 Å². The number of aromatic nitrogens is 3. The Labute approximate surface area is 101 Å². The first-order chi connectivity index (χ1) is 8.24. The third-order valence-electron chi connectivity index (χ3n) is 3.41. The molecule has 0 saturated heterocycles. The SMILES string of the molecule is Cc1cc(Cn2c(C)nc3c2CCCC3)on1. The van der Waals surface area contributed by atoms with Crippen molar-refractivity contribution in [1.29, 1.82) is 0 Å². The van der Waals surface area contributed by atoms with Crippen LogP contribution in [-0.4, -0.2) is 14.7 Å². The molecule has 0 amide bonds. The van der Waals surface area contributed by atoms with E-state index >= 15 is 0 Å². The van der Waals surface area contributed by atoms with Crippen molar-refractivity contribution in [3.05, 3.63) is 34.7 Å². The molecule has 0 saturated carbocycles. The lowest BCUT2D eigenvalue weighted by Gasteiger charge is -2.13. The summed E-state index contributed by atoms with van der Waals surface area (Å²) >= 11 is 0. The van der Waals surface area contributed by atoms with Crippen LogP contribution in [0.3, 0.4) is 0 Å². The van der Waals surface area contributed by atoms with Crippen molar-refractivity contribution in [2.45, 2.75) is 46.1 Å². The predicted molar refractivity (Wildman–Crippen MR) is 63.9 cm³/mol. The number of rotatable bonds is 2. The van der Waals surface area contributed by atoms with Crippen LogP contribution in [0.2, 0.25) is 0 Å². The van der Waals surface area contributed by atoms with Gasteiger partial charge in [-0.05, 0) is 39.5 Å². The van der Waals surface area contributed by atoms with Gasteiger partial charge in [-0.25, -0.2) is 4.98 Å². The summed E-state index contributed by atoms with van der Waals surface area (Å²) in [6.07, 6.45) is 4.81. The van der Waals surface area contributed by atoms with E-state index in [0.29, 0.717) is 0 Å². The zero-order valence-corrected chi connectivity index (χ0v) is 10.4. The van der Waals surface area contributed by atoms with Gasteiger partial charge in [-0.3, -0.25) is 0 Å². The molecule has 0 N–H and O–H groups in total. The summed E-state index contributed by atoms with van der Waals surface area (Å²) < 4.78 is 7.56. The van der Waals surface area contributed by atoms with Gasteiger partial charge in [0.1, 0.15) is 5.82 Å². The number of imidazole rings is 1. The van der Waals surface area contributed by atoms with Crippen LogP contribution in [-0.2, 0) is 19.4 Å². The topological polar surface area (TPSA) is 43.9 Å². The van der Waals surface area contributed by atoms with Crippen molar-refractivity contribution < 1.29 is 4.52 Å². The standard InChI is InChI=1S/C13H17N3O/c1-9-7-11(17-15-9)8-16-10(2)14-12-5-3-4-6-13(12)16/h7H,3-6,8H2,1-2H3. The molecule has 4 nitrogen and oxygen atoms in total. The first-order valence-corrected chi connectivity index (χ1v) is 6.21. The van der Waals surface area contributed by atoms with Crippen LogP contribution >= 0.6 is 0 Å². The minimum Gasteiger partial charge on any atom is -0.359 e. The van der Waals surface area contributed by atoms with E-state index in [2.05, 4.69) is 21.6 Å². The van der Waals surface area contributed by atoms with Gasteiger partial charge in [-0.1, -0.05) is 5.16 Å². The first-order valence-electron chi connectivity index (χ1n) is 6.21. The molecular formula is C13H17N3O. The third-order valence-corrected chi connectivity index (χ3v) is 3.41. The van der Waals surface area contributed by atoms with E-state index in [1.165, 1.54) is 24.2 Å². The fraction of sp³-hybridized carbons (Fsp3) is 0.538. The molecule has 0 aromatic carbocycles. The van der Waals surface area contributed by atoms with Crippen LogP contribution < -0.4 is 0 Å². The fourth-order valence-corrected chi connectivity index (χ4v) is 2.59. The minimum atomic E-state index is 0.759. The normalized spacial score (nSPS) is 14.9. The van der Waals surface area contributed by atoms with Gasteiger partial charge in [0, 0.05) is 11.8 Å². The molecule has 0 atom stereocenters. The van der Waals surface area contributed by atoms with E-state index < -0.39 is 0 Å². The van der Waals surface area contributed by atoms with Gasteiger partial charge in [-0.2, -0.15) is 0 Å². The molecule has 0 aliphatic heterocycles. The van der Waals surface area contributed by atoms with Crippen molar-refractivity contribution >= 4 is 0 Å². The molecule has 3 rings (SSSR count). The highest BCUT2D eigenvalue weighted by Crippen LogP contribution is 2.23. The Morgan fingerprint density at radius 3 is 2.88 bits per heavy atom. The van der Waals surface area contributed by atoms with Crippen molar-refractivity contribution in [3.63, 3.8) is 0 Å². The zero-order valence-electron chi connectivity index (χ0n) is 10.4. The fourth-order valence-electron chi connectivity index (χ4n) is 2.59. The number of hydrogen-bond acceptors (Lipinski definition) is 3. The Balaban J connectivity index is 1.94. The van der Waals surface area contributed by atoms with Gasteiger partial charge in [0.2, 0.25) is 0 Å². The first kappa shape index (κ1) is 10.6. The lowest BCUT2D eigenvalue weighted by Crippen LogP contribution is -2.09. The van der Waals surface area contributed by atoms with Crippen LogP contribution in [0.1, 0.15) is 41.5 Å². The van der Waals surface area contributed by atoms with Crippen LogP contribution in [0.25, 0.3) is 0 Å². The van der Waals surface area contributed by atoms with Gasteiger partial charge < -0.3 is 9.09 Å². The molecule has 0 unspecified atom stereocenters. The summed E-state index contributed by atoms with van der Waals surface area (Å²) in [5, 5.41) is 3.93. The maximum Gasteiger partial charge on any atom is 0.156 e. The smallest absolute Gasteiger partial charge is 0.156 e. The maximum atomic E-state index is 5.29. The lowest BCUT2D eigenvalue weighted by atomic mass is 10.0. The van der Waals surface area contributed by atoms with Crippen LogP contribution in [0.4, 0.5) is 0 Å². The lowest BCUT2D eigenvalue weighted by molar-refractivity contribution is 0.370. The Bertz CT molecular complexity index is 539. The monoisotopic (exact) mass is 231 g/mol. The van der Waals surface area contributed by atoms with Gasteiger partial charge in [0.05, 0.1) is 17.9 Å². The van der Waals surface area contributed by atoms with Crippen molar-refractivity contribution in [2.24, 2.45) is 0 Å². The third kappa shape index (κ3) is 1.88. The molecule has 1 aliphatic carbocycles. The number of aryl methyl sites for hydroxylation is 3. The molecule has 17 heavy (non-hydrogen) atoms. The molecule has 0 bridgehead atoms. The minimum absolute atomic E-state index is 0.759. The molecule has 90 valence electrons. The molecule has 2 heterocycles. The van der Waals surface area contributed by atoms with Gasteiger partial charge >= 0.3 is 0 Å². The van der Waals surface area contributed by atoms with E-state index in [4.69, 9.17) is 4.52 Å². The molecule has 0 radical (unpaired) electrons. The molecule has 0 spiro atoms. The van der Waals surface area contributed by atoms with Crippen molar-refractivity contribution in [2.75, 3.05) is 0 Å². The second-order valence-corrected chi connectivity index (χ2v) is 4.78. The summed E-state index contributed by atoms with van der Waals surface area (Å²) in [5.74, 6) is 2.00. The Hall–Kier alpha value is -1.58. The van der Waals surface area contributed by atoms with E-state index in [-0.39, 0.29) is 0 Å². The largest absolute Gasteiger partial charge is 0.359 e. The highest BCUT2D eigenvalue weighted by atomic mass is 16.5. The van der Waals surface area contributed by atoms with E-state index in [1.807, 2.05) is 13.0 Å². The Kier molecular flexibility index (Phi) is 2.50. The number of hydrogen-bond donors (Lipinski definition) is 0.